The van der Waals surface area contributed by atoms with Crippen LogP contribution in [0.5, 0.6) is 0 Å². The summed E-state index contributed by atoms with van der Waals surface area (Å²) in [6.45, 7) is 0. The van der Waals surface area contributed by atoms with Crippen LogP contribution in [0.2, 0.25) is 0 Å². The summed E-state index contributed by atoms with van der Waals surface area (Å²) in [7, 11) is 1.89. The molecular formula is C12H13F2N3. The third kappa shape index (κ3) is 1.53. The van der Waals surface area contributed by atoms with Gasteiger partial charge < -0.3 is 10.3 Å². The van der Waals surface area contributed by atoms with Gasteiger partial charge in [0.2, 0.25) is 0 Å². The van der Waals surface area contributed by atoms with Crippen LogP contribution in [-0.4, -0.2) is 15.5 Å². The number of aromatic nitrogens is 2. The van der Waals surface area contributed by atoms with E-state index in [1.807, 2.05) is 29.8 Å². The summed E-state index contributed by atoms with van der Waals surface area (Å²) in [6, 6.07) is 5.51. The minimum absolute atomic E-state index is 0.279. The molecule has 1 aromatic carbocycles. The molecule has 3 rings (SSSR count). The first-order valence-electron chi connectivity index (χ1n) is 5.48. The Balaban J connectivity index is 2.02. The van der Waals surface area contributed by atoms with Crippen molar-refractivity contribution in [2.45, 2.75) is 24.3 Å². The van der Waals surface area contributed by atoms with Crippen molar-refractivity contribution in [2.24, 2.45) is 12.8 Å². The summed E-state index contributed by atoms with van der Waals surface area (Å²) in [4.78, 5) is 4.21. The first kappa shape index (κ1) is 10.7. The Kier molecular flexibility index (Phi) is 1.91. The standard InChI is InChI=1S/C12H13F2N3/c1-17-7-16-9-4-8(2-3-10(9)17)11(15)5-12(13,14)6-11/h2-4,7H,5-6,15H2,1H3. The molecular weight excluding hydrogens is 224 g/mol. The van der Waals surface area contributed by atoms with Crippen molar-refractivity contribution in [2.75, 3.05) is 0 Å². The molecule has 0 saturated heterocycles. The van der Waals surface area contributed by atoms with Gasteiger partial charge in [-0.1, -0.05) is 6.07 Å². The van der Waals surface area contributed by atoms with Crippen LogP contribution >= 0.6 is 0 Å². The zero-order valence-corrected chi connectivity index (χ0v) is 9.45. The molecule has 0 atom stereocenters. The zero-order valence-electron chi connectivity index (χ0n) is 9.45. The number of rotatable bonds is 1. The molecule has 1 aliphatic carbocycles. The van der Waals surface area contributed by atoms with Crippen LogP contribution < -0.4 is 5.73 Å². The van der Waals surface area contributed by atoms with E-state index in [1.165, 1.54) is 0 Å². The molecule has 1 fully saturated rings. The molecule has 0 spiro atoms. The lowest BCUT2D eigenvalue weighted by Crippen LogP contribution is -2.55. The first-order valence-corrected chi connectivity index (χ1v) is 5.48. The van der Waals surface area contributed by atoms with E-state index < -0.39 is 11.5 Å². The van der Waals surface area contributed by atoms with Crippen molar-refractivity contribution >= 4 is 11.0 Å². The highest BCUT2D eigenvalue weighted by atomic mass is 19.3. The highest BCUT2D eigenvalue weighted by Crippen LogP contribution is 2.50. The minimum atomic E-state index is -2.62. The lowest BCUT2D eigenvalue weighted by molar-refractivity contribution is -0.125. The molecule has 2 N–H and O–H groups in total. The highest BCUT2D eigenvalue weighted by molar-refractivity contribution is 5.76. The van der Waals surface area contributed by atoms with Gasteiger partial charge in [0.05, 0.1) is 22.9 Å². The predicted octanol–water partition coefficient (Wildman–Crippen LogP) is 2.16. The lowest BCUT2D eigenvalue weighted by atomic mass is 9.70. The Hall–Kier alpha value is -1.49. The number of alkyl halides is 2. The fourth-order valence-electron chi connectivity index (χ4n) is 2.52. The summed E-state index contributed by atoms with van der Waals surface area (Å²) >= 11 is 0. The van der Waals surface area contributed by atoms with E-state index in [-0.39, 0.29) is 12.8 Å². The Morgan fingerprint density at radius 2 is 2.06 bits per heavy atom. The summed E-state index contributed by atoms with van der Waals surface area (Å²) in [5, 5.41) is 0. The second-order valence-corrected chi connectivity index (χ2v) is 4.92. The van der Waals surface area contributed by atoms with Gasteiger partial charge in [0.15, 0.2) is 0 Å². The first-order chi connectivity index (χ1) is 7.90. The molecule has 0 bridgehead atoms. The van der Waals surface area contributed by atoms with Gasteiger partial charge in [0.1, 0.15) is 0 Å². The van der Waals surface area contributed by atoms with Crippen molar-refractivity contribution in [3.8, 4) is 0 Å². The van der Waals surface area contributed by atoms with E-state index in [0.717, 1.165) is 16.6 Å². The van der Waals surface area contributed by atoms with Crippen molar-refractivity contribution in [3.63, 3.8) is 0 Å². The quantitative estimate of drug-likeness (QED) is 0.826. The molecule has 1 saturated carbocycles. The maximum atomic E-state index is 12.9. The molecule has 0 amide bonds. The average molecular weight is 237 g/mol. The maximum Gasteiger partial charge on any atom is 0.252 e. The molecule has 17 heavy (non-hydrogen) atoms. The zero-order chi connectivity index (χ0) is 12.3. The molecule has 1 heterocycles. The van der Waals surface area contributed by atoms with E-state index in [0.29, 0.717) is 0 Å². The number of hydrogen-bond acceptors (Lipinski definition) is 2. The Labute approximate surface area is 97.2 Å². The minimum Gasteiger partial charge on any atom is -0.334 e. The molecule has 1 aromatic heterocycles. The Morgan fingerprint density at radius 3 is 2.71 bits per heavy atom. The number of hydrogen-bond donors (Lipinski definition) is 1. The van der Waals surface area contributed by atoms with E-state index in [2.05, 4.69) is 4.98 Å². The monoisotopic (exact) mass is 237 g/mol. The van der Waals surface area contributed by atoms with Crippen molar-refractivity contribution in [3.05, 3.63) is 30.1 Å². The van der Waals surface area contributed by atoms with Gasteiger partial charge in [0, 0.05) is 19.9 Å². The van der Waals surface area contributed by atoms with Crippen molar-refractivity contribution in [1.82, 2.24) is 9.55 Å². The van der Waals surface area contributed by atoms with Gasteiger partial charge in [-0.3, -0.25) is 0 Å². The summed E-state index contributed by atoms with van der Waals surface area (Å²) < 4.78 is 27.8. The lowest BCUT2D eigenvalue weighted by Gasteiger charge is -2.44. The molecule has 0 aliphatic heterocycles. The van der Waals surface area contributed by atoms with Crippen LogP contribution in [0.4, 0.5) is 8.78 Å². The second kappa shape index (κ2) is 3.04. The normalized spacial score (nSPS) is 21.4. The fourth-order valence-corrected chi connectivity index (χ4v) is 2.52. The van der Waals surface area contributed by atoms with Crippen LogP contribution in [-0.2, 0) is 12.6 Å². The van der Waals surface area contributed by atoms with Gasteiger partial charge in [-0.05, 0) is 17.7 Å². The van der Waals surface area contributed by atoms with E-state index >= 15 is 0 Å². The van der Waals surface area contributed by atoms with Crippen LogP contribution in [0, 0.1) is 0 Å². The summed E-state index contributed by atoms with van der Waals surface area (Å²) in [5.41, 5.74) is 7.61. The van der Waals surface area contributed by atoms with Gasteiger partial charge in [-0.15, -0.1) is 0 Å². The van der Waals surface area contributed by atoms with Crippen LogP contribution in [0.1, 0.15) is 18.4 Å². The SMILES string of the molecule is Cn1cnc2cc(C3(N)CC(F)(F)C3)ccc21. The topological polar surface area (TPSA) is 43.8 Å². The summed E-state index contributed by atoms with van der Waals surface area (Å²) in [6.07, 6.45) is 1.14. The number of nitrogens with zero attached hydrogens (tertiary/aromatic N) is 2. The van der Waals surface area contributed by atoms with Gasteiger partial charge in [-0.25, -0.2) is 13.8 Å². The van der Waals surface area contributed by atoms with Crippen molar-refractivity contribution in [1.29, 1.82) is 0 Å². The predicted molar refractivity (Wildman–Crippen MR) is 60.8 cm³/mol. The van der Waals surface area contributed by atoms with Crippen LogP contribution in [0.15, 0.2) is 24.5 Å². The number of aryl methyl sites for hydroxylation is 1. The second-order valence-electron chi connectivity index (χ2n) is 4.92. The van der Waals surface area contributed by atoms with Gasteiger partial charge >= 0.3 is 0 Å². The third-order valence-corrected chi connectivity index (χ3v) is 3.45. The molecule has 0 unspecified atom stereocenters. The number of imidazole rings is 1. The largest absolute Gasteiger partial charge is 0.334 e. The molecule has 0 radical (unpaired) electrons. The third-order valence-electron chi connectivity index (χ3n) is 3.45. The van der Waals surface area contributed by atoms with E-state index in [4.69, 9.17) is 5.73 Å². The smallest absolute Gasteiger partial charge is 0.252 e. The molecule has 1 aliphatic rings. The highest BCUT2D eigenvalue weighted by Gasteiger charge is 2.55. The number of fused-ring (bicyclic) bond motifs is 1. The van der Waals surface area contributed by atoms with E-state index in [9.17, 15) is 8.78 Å². The Morgan fingerprint density at radius 1 is 1.35 bits per heavy atom. The van der Waals surface area contributed by atoms with E-state index in [1.54, 1.807) is 6.33 Å². The Bertz CT molecular complexity index is 580. The molecule has 2 aromatic rings. The summed E-state index contributed by atoms with van der Waals surface area (Å²) in [5.74, 6) is -2.62. The molecule has 90 valence electrons. The maximum absolute atomic E-state index is 12.9. The van der Waals surface area contributed by atoms with Crippen LogP contribution in [0.25, 0.3) is 11.0 Å². The van der Waals surface area contributed by atoms with Crippen LogP contribution in [0.3, 0.4) is 0 Å². The number of halogens is 2. The average Bonchev–Trinajstić information content (AvgIpc) is 2.57. The fraction of sp³-hybridized carbons (Fsp3) is 0.417. The number of benzene rings is 1. The van der Waals surface area contributed by atoms with Gasteiger partial charge in [0.25, 0.3) is 5.92 Å². The number of nitrogens with two attached hydrogens (primary N) is 1. The molecule has 3 nitrogen and oxygen atoms in total. The van der Waals surface area contributed by atoms with Gasteiger partial charge in [-0.2, -0.15) is 0 Å². The molecule has 5 heteroatoms. The van der Waals surface area contributed by atoms with Crippen molar-refractivity contribution < 1.29 is 8.78 Å².